The van der Waals surface area contributed by atoms with Crippen LogP contribution in [0.1, 0.15) is 13.8 Å². The fourth-order valence-corrected chi connectivity index (χ4v) is 2.30. The van der Waals surface area contributed by atoms with E-state index in [-0.39, 0.29) is 22.3 Å². The molecule has 2 rings (SSSR count). The Balaban J connectivity index is 2.39. The van der Waals surface area contributed by atoms with Crippen molar-refractivity contribution in [3.8, 4) is 5.69 Å². The van der Waals surface area contributed by atoms with E-state index in [1.807, 2.05) is 0 Å². The van der Waals surface area contributed by atoms with E-state index in [0.29, 0.717) is 5.69 Å². The molecule has 0 amide bonds. The molecular weight excluding hydrogens is 352 g/mol. The summed E-state index contributed by atoms with van der Waals surface area (Å²) in [5.41, 5.74) is -0.399. The van der Waals surface area contributed by atoms with Crippen LogP contribution in [0.2, 0.25) is 5.02 Å². The number of rotatable bonds is 6. The van der Waals surface area contributed by atoms with Crippen molar-refractivity contribution >= 4 is 28.9 Å². The van der Waals surface area contributed by atoms with Crippen LogP contribution in [0.5, 0.6) is 0 Å². The standard InChI is InChI=1S/C15H15ClN4O5/c1-8(2)13(15(22)23)18-11-7-17-19(14(21)12(11)16)9-3-5-10(6-4-9)20(24)25/h3-8,13,18H,1-2H3,(H,22,23)/t13-/m0/s1. The van der Waals surface area contributed by atoms with Gasteiger partial charge >= 0.3 is 5.97 Å². The molecule has 9 nitrogen and oxygen atoms in total. The molecule has 0 bridgehead atoms. The van der Waals surface area contributed by atoms with Gasteiger partial charge in [0.25, 0.3) is 11.2 Å². The van der Waals surface area contributed by atoms with Crippen molar-refractivity contribution in [2.45, 2.75) is 19.9 Å². The number of anilines is 1. The summed E-state index contributed by atoms with van der Waals surface area (Å²) in [7, 11) is 0. The molecule has 0 aliphatic rings. The normalized spacial score (nSPS) is 12.0. The van der Waals surface area contributed by atoms with E-state index >= 15 is 0 Å². The van der Waals surface area contributed by atoms with E-state index in [0.717, 1.165) is 4.68 Å². The highest BCUT2D eigenvalue weighted by Crippen LogP contribution is 2.20. The minimum atomic E-state index is -1.08. The number of carbonyl (C=O) groups is 1. The second kappa shape index (κ2) is 7.31. The topological polar surface area (TPSA) is 127 Å². The summed E-state index contributed by atoms with van der Waals surface area (Å²) >= 11 is 6.05. The largest absolute Gasteiger partial charge is 0.480 e. The monoisotopic (exact) mass is 366 g/mol. The third kappa shape index (κ3) is 3.94. The third-order valence-electron chi connectivity index (χ3n) is 3.47. The summed E-state index contributed by atoms with van der Waals surface area (Å²) < 4.78 is 0.975. The zero-order chi connectivity index (χ0) is 18.7. The predicted octanol–water partition coefficient (Wildman–Crippen LogP) is 2.32. The third-order valence-corrected chi connectivity index (χ3v) is 3.83. The van der Waals surface area contributed by atoms with E-state index in [9.17, 15) is 24.8 Å². The van der Waals surface area contributed by atoms with Gasteiger partial charge in [0.15, 0.2) is 0 Å². The molecule has 1 atom stereocenters. The number of nitrogens with zero attached hydrogens (tertiary/aromatic N) is 3. The molecule has 0 spiro atoms. The average Bonchev–Trinajstić information content (AvgIpc) is 2.55. The Hall–Kier alpha value is -2.94. The van der Waals surface area contributed by atoms with Gasteiger partial charge in [-0.15, -0.1) is 0 Å². The lowest BCUT2D eigenvalue weighted by molar-refractivity contribution is -0.384. The Morgan fingerprint density at radius 1 is 1.36 bits per heavy atom. The molecule has 0 aliphatic carbocycles. The second-order valence-corrected chi connectivity index (χ2v) is 5.94. The van der Waals surface area contributed by atoms with E-state index in [1.165, 1.54) is 30.5 Å². The lowest BCUT2D eigenvalue weighted by atomic mass is 10.0. The maximum atomic E-state index is 12.4. The molecule has 132 valence electrons. The van der Waals surface area contributed by atoms with Crippen LogP contribution in [0.4, 0.5) is 11.4 Å². The molecule has 0 fully saturated rings. The number of hydrogen-bond donors (Lipinski definition) is 2. The molecule has 0 saturated heterocycles. The summed E-state index contributed by atoms with van der Waals surface area (Å²) in [6, 6.07) is 4.27. The second-order valence-electron chi connectivity index (χ2n) is 5.57. The van der Waals surface area contributed by atoms with Crippen molar-refractivity contribution < 1.29 is 14.8 Å². The maximum absolute atomic E-state index is 12.4. The van der Waals surface area contributed by atoms with Gasteiger partial charge in [0.2, 0.25) is 0 Å². The SMILES string of the molecule is CC(C)[C@H](Nc1cnn(-c2ccc([N+](=O)[O-])cc2)c(=O)c1Cl)C(=O)O. The van der Waals surface area contributed by atoms with Crippen LogP contribution in [-0.2, 0) is 4.79 Å². The zero-order valence-corrected chi connectivity index (χ0v) is 14.1. The molecule has 0 saturated carbocycles. The van der Waals surface area contributed by atoms with Crippen LogP contribution in [0.25, 0.3) is 5.69 Å². The number of carboxylic acid groups (broad SMARTS) is 1. The Bertz CT molecular complexity index is 863. The molecule has 2 aromatic rings. The Morgan fingerprint density at radius 3 is 2.44 bits per heavy atom. The smallest absolute Gasteiger partial charge is 0.326 e. The van der Waals surface area contributed by atoms with Crippen molar-refractivity contribution in [1.82, 2.24) is 9.78 Å². The molecule has 0 radical (unpaired) electrons. The van der Waals surface area contributed by atoms with Crippen LogP contribution in [0.15, 0.2) is 35.3 Å². The molecule has 0 aliphatic heterocycles. The van der Waals surface area contributed by atoms with Gasteiger partial charge in [0, 0.05) is 12.1 Å². The van der Waals surface area contributed by atoms with Gasteiger partial charge < -0.3 is 10.4 Å². The van der Waals surface area contributed by atoms with Crippen molar-refractivity contribution in [1.29, 1.82) is 0 Å². The van der Waals surface area contributed by atoms with E-state index in [4.69, 9.17) is 11.6 Å². The predicted molar refractivity (Wildman–Crippen MR) is 91.4 cm³/mol. The van der Waals surface area contributed by atoms with Gasteiger partial charge in [-0.05, 0) is 18.1 Å². The number of benzene rings is 1. The van der Waals surface area contributed by atoms with Crippen LogP contribution in [0, 0.1) is 16.0 Å². The fourth-order valence-electron chi connectivity index (χ4n) is 2.11. The number of nitrogens with one attached hydrogen (secondary N) is 1. The lowest BCUT2D eigenvalue weighted by Gasteiger charge is -2.19. The van der Waals surface area contributed by atoms with Crippen LogP contribution in [-0.4, -0.2) is 31.8 Å². The highest BCUT2D eigenvalue weighted by atomic mass is 35.5. The van der Waals surface area contributed by atoms with Gasteiger partial charge in [-0.3, -0.25) is 14.9 Å². The number of non-ortho nitro benzene ring substituents is 1. The minimum absolute atomic E-state index is 0.103. The van der Waals surface area contributed by atoms with Crippen molar-refractivity contribution in [3.05, 3.63) is 56.0 Å². The molecule has 25 heavy (non-hydrogen) atoms. The Labute approximate surface area is 147 Å². The summed E-state index contributed by atoms with van der Waals surface area (Å²) in [6.45, 7) is 3.43. The van der Waals surface area contributed by atoms with Gasteiger partial charge in [0.1, 0.15) is 11.1 Å². The highest BCUT2D eigenvalue weighted by Gasteiger charge is 2.23. The fraction of sp³-hybridized carbons (Fsp3) is 0.267. The minimum Gasteiger partial charge on any atom is -0.480 e. The van der Waals surface area contributed by atoms with Crippen LogP contribution >= 0.6 is 11.6 Å². The summed E-state index contributed by atoms with van der Waals surface area (Å²) in [5, 5.41) is 26.3. The van der Waals surface area contributed by atoms with Gasteiger partial charge in [0.05, 0.1) is 22.5 Å². The number of nitro groups is 1. The Kier molecular flexibility index (Phi) is 5.38. The van der Waals surface area contributed by atoms with Gasteiger partial charge in [-0.2, -0.15) is 9.78 Å². The molecular formula is C15H15ClN4O5. The number of hydrogen-bond acceptors (Lipinski definition) is 6. The molecule has 1 heterocycles. The lowest BCUT2D eigenvalue weighted by Crippen LogP contribution is -2.35. The number of carboxylic acids is 1. The first kappa shape index (κ1) is 18.4. The van der Waals surface area contributed by atoms with Crippen molar-refractivity contribution in [2.75, 3.05) is 5.32 Å². The molecule has 2 N–H and O–H groups in total. The first-order valence-electron chi connectivity index (χ1n) is 7.24. The first-order valence-corrected chi connectivity index (χ1v) is 7.62. The maximum Gasteiger partial charge on any atom is 0.326 e. The van der Waals surface area contributed by atoms with E-state index in [2.05, 4.69) is 10.4 Å². The molecule has 1 aromatic heterocycles. The van der Waals surface area contributed by atoms with E-state index in [1.54, 1.807) is 13.8 Å². The zero-order valence-electron chi connectivity index (χ0n) is 13.3. The number of aliphatic carboxylic acids is 1. The average molecular weight is 367 g/mol. The summed E-state index contributed by atoms with van der Waals surface area (Å²) in [5.74, 6) is -1.32. The highest BCUT2D eigenvalue weighted by molar-refractivity contribution is 6.33. The van der Waals surface area contributed by atoms with Gasteiger partial charge in [-0.1, -0.05) is 25.4 Å². The molecule has 10 heteroatoms. The van der Waals surface area contributed by atoms with E-state index < -0.39 is 22.5 Å². The van der Waals surface area contributed by atoms with Crippen LogP contribution in [0.3, 0.4) is 0 Å². The first-order chi connectivity index (χ1) is 11.7. The number of aromatic nitrogens is 2. The number of halogens is 1. The summed E-state index contributed by atoms with van der Waals surface area (Å²) in [4.78, 5) is 33.7. The summed E-state index contributed by atoms with van der Waals surface area (Å²) in [6.07, 6.45) is 1.24. The Morgan fingerprint density at radius 2 is 1.96 bits per heavy atom. The molecule has 0 unspecified atom stereocenters. The van der Waals surface area contributed by atoms with Crippen molar-refractivity contribution in [3.63, 3.8) is 0 Å². The van der Waals surface area contributed by atoms with Crippen LogP contribution < -0.4 is 10.9 Å². The number of nitro benzene ring substituents is 1. The quantitative estimate of drug-likeness (QED) is 0.593. The molecule has 1 aromatic carbocycles. The van der Waals surface area contributed by atoms with Crippen molar-refractivity contribution in [2.24, 2.45) is 5.92 Å². The van der Waals surface area contributed by atoms with Gasteiger partial charge in [-0.25, -0.2) is 4.79 Å².